The molecule has 1 aromatic heterocycles. The molecular weight excluding hydrogens is 256 g/mol. The highest BCUT2D eigenvalue weighted by Gasteiger charge is 2.14. The van der Waals surface area contributed by atoms with Gasteiger partial charge in [0, 0.05) is 17.2 Å². The molecule has 2 N–H and O–H groups in total. The number of aromatic nitrogens is 3. The van der Waals surface area contributed by atoms with Gasteiger partial charge in [-0.15, -0.1) is 5.10 Å². The average Bonchev–Trinajstić information content (AvgIpc) is 2.89. The minimum atomic E-state index is -0.385. The Hall–Kier alpha value is -2.50. The molecule has 1 heterocycles. The molecule has 1 amide bonds. The number of amides is 1. The number of ketones is 1. The number of hydrogen-bond acceptors (Lipinski definition) is 4. The number of nitrogens with one attached hydrogen (secondary N) is 2. The summed E-state index contributed by atoms with van der Waals surface area (Å²) in [5.41, 5.74) is 1.19. The summed E-state index contributed by atoms with van der Waals surface area (Å²) in [5.74, 6) is 0.549. The summed E-state index contributed by atoms with van der Waals surface area (Å²) >= 11 is 0. The Balaban J connectivity index is 2.08. The molecule has 2 rings (SSSR count). The van der Waals surface area contributed by atoms with Crippen LogP contribution in [0.4, 0.5) is 5.69 Å². The van der Waals surface area contributed by atoms with Gasteiger partial charge in [0.25, 0.3) is 5.91 Å². The van der Waals surface area contributed by atoms with Crippen LogP contribution in [0.1, 0.15) is 53.5 Å². The maximum Gasteiger partial charge on any atom is 0.295 e. The largest absolute Gasteiger partial charge is 0.319 e. The first kappa shape index (κ1) is 13.9. The van der Waals surface area contributed by atoms with Gasteiger partial charge in [0.05, 0.1) is 0 Å². The zero-order valence-corrected chi connectivity index (χ0v) is 11.6. The number of rotatable bonds is 4. The van der Waals surface area contributed by atoms with E-state index < -0.39 is 0 Å². The standard InChI is InChI=1S/C14H16N4O2/c1-8(2)12-16-13(18-17-12)14(20)15-11-6-4-10(5-7-11)9(3)19/h4-8H,1-3H3,(H,15,20)(H,16,17,18). The third-order valence-corrected chi connectivity index (χ3v) is 2.80. The van der Waals surface area contributed by atoms with Crippen LogP contribution < -0.4 is 5.32 Å². The van der Waals surface area contributed by atoms with Gasteiger partial charge in [0.2, 0.25) is 5.82 Å². The van der Waals surface area contributed by atoms with Crippen LogP contribution in [0.25, 0.3) is 0 Å². The van der Waals surface area contributed by atoms with Crippen molar-refractivity contribution in [2.45, 2.75) is 26.7 Å². The van der Waals surface area contributed by atoms with Crippen LogP contribution in [-0.2, 0) is 0 Å². The monoisotopic (exact) mass is 272 g/mol. The van der Waals surface area contributed by atoms with Crippen molar-refractivity contribution in [1.29, 1.82) is 0 Å². The second-order valence-electron chi connectivity index (χ2n) is 4.79. The zero-order chi connectivity index (χ0) is 14.7. The number of Topliss-reactive ketones (excluding diaryl/α,β-unsaturated/α-hetero) is 1. The fraction of sp³-hybridized carbons (Fsp3) is 0.286. The van der Waals surface area contributed by atoms with Crippen molar-refractivity contribution in [3.63, 3.8) is 0 Å². The maximum atomic E-state index is 11.9. The van der Waals surface area contributed by atoms with Gasteiger partial charge in [-0.05, 0) is 31.2 Å². The van der Waals surface area contributed by atoms with E-state index in [4.69, 9.17) is 0 Å². The lowest BCUT2D eigenvalue weighted by Gasteiger charge is -2.03. The predicted molar refractivity (Wildman–Crippen MR) is 74.9 cm³/mol. The molecule has 6 nitrogen and oxygen atoms in total. The van der Waals surface area contributed by atoms with Crippen molar-refractivity contribution in [3.8, 4) is 0 Å². The molecule has 0 aliphatic carbocycles. The van der Waals surface area contributed by atoms with Crippen LogP contribution in [0.15, 0.2) is 24.3 Å². The lowest BCUT2D eigenvalue weighted by molar-refractivity contribution is 0.101. The first-order valence-corrected chi connectivity index (χ1v) is 6.32. The van der Waals surface area contributed by atoms with Gasteiger partial charge in [0.1, 0.15) is 5.82 Å². The first-order chi connectivity index (χ1) is 9.47. The smallest absolute Gasteiger partial charge is 0.295 e. The quantitative estimate of drug-likeness (QED) is 0.836. The fourth-order valence-corrected chi connectivity index (χ4v) is 1.61. The average molecular weight is 272 g/mol. The molecule has 0 saturated carbocycles. The van der Waals surface area contributed by atoms with E-state index in [0.29, 0.717) is 17.1 Å². The summed E-state index contributed by atoms with van der Waals surface area (Å²) < 4.78 is 0. The van der Waals surface area contributed by atoms with Crippen molar-refractivity contribution in [1.82, 2.24) is 15.2 Å². The number of H-pyrrole nitrogens is 1. The van der Waals surface area contributed by atoms with Crippen molar-refractivity contribution in [2.24, 2.45) is 0 Å². The molecule has 0 radical (unpaired) electrons. The molecule has 2 aromatic rings. The van der Waals surface area contributed by atoms with Crippen LogP contribution in [0.2, 0.25) is 0 Å². The minimum Gasteiger partial charge on any atom is -0.319 e. The maximum absolute atomic E-state index is 11.9. The molecule has 0 aliphatic heterocycles. The zero-order valence-electron chi connectivity index (χ0n) is 11.6. The number of nitrogens with zero attached hydrogens (tertiary/aromatic N) is 2. The van der Waals surface area contributed by atoms with Gasteiger partial charge in [0.15, 0.2) is 5.78 Å². The highest BCUT2D eigenvalue weighted by atomic mass is 16.2. The lowest BCUT2D eigenvalue weighted by atomic mass is 10.1. The molecule has 0 bridgehead atoms. The van der Waals surface area contributed by atoms with E-state index in [0.717, 1.165) is 0 Å². The van der Waals surface area contributed by atoms with Crippen molar-refractivity contribution >= 4 is 17.4 Å². The van der Waals surface area contributed by atoms with Gasteiger partial charge in [-0.3, -0.25) is 14.7 Å². The van der Waals surface area contributed by atoms with E-state index in [9.17, 15) is 9.59 Å². The lowest BCUT2D eigenvalue weighted by Crippen LogP contribution is -2.14. The second-order valence-corrected chi connectivity index (χ2v) is 4.79. The third kappa shape index (κ3) is 3.09. The topological polar surface area (TPSA) is 87.7 Å². The predicted octanol–water partition coefficient (Wildman–Crippen LogP) is 2.38. The van der Waals surface area contributed by atoms with Gasteiger partial charge in [-0.1, -0.05) is 13.8 Å². The highest BCUT2D eigenvalue weighted by molar-refractivity contribution is 6.02. The number of anilines is 1. The number of carbonyl (C=O) groups is 2. The number of aromatic amines is 1. The summed E-state index contributed by atoms with van der Waals surface area (Å²) in [6.45, 7) is 5.42. The summed E-state index contributed by atoms with van der Waals surface area (Å²) in [5, 5.41) is 9.29. The van der Waals surface area contributed by atoms with Crippen LogP contribution in [-0.4, -0.2) is 26.9 Å². The Bertz CT molecular complexity index is 629. The number of carbonyl (C=O) groups excluding carboxylic acids is 2. The summed E-state index contributed by atoms with van der Waals surface area (Å²) in [6.07, 6.45) is 0. The molecule has 0 aliphatic rings. The number of benzene rings is 1. The SMILES string of the molecule is CC(=O)c1ccc(NC(=O)c2n[nH]c(C(C)C)n2)cc1. The normalized spacial score (nSPS) is 10.6. The third-order valence-electron chi connectivity index (χ3n) is 2.80. The van der Waals surface area contributed by atoms with Crippen LogP contribution in [0.3, 0.4) is 0 Å². The van der Waals surface area contributed by atoms with E-state index in [2.05, 4.69) is 20.5 Å². The molecular formula is C14H16N4O2. The van der Waals surface area contributed by atoms with Gasteiger partial charge >= 0.3 is 0 Å². The molecule has 0 unspecified atom stereocenters. The Labute approximate surface area is 116 Å². The Kier molecular flexibility index (Phi) is 3.93. The molecule has 0 saturated heterocycles. The van der Waals surface area contributed by atoms with E-state index in [-0.39, 0.29) is 23.4 Å². The van der Waals surface area contributed by atoms with E-state index >= 15 is 0 Å². The Morgan fingerprint density at radius 1 is 1.20 bits per heavy atom. The van der Waals surface area contributed by atoms with Gasteiger partial charge in [-0.2, -0.15) is 0 Å². The van der Waals surface area contributed by atoms with E-state index in [1.807, 2.05) is 13.8 Å². The molecule has 0 fully saturated rings. The first-order valence-electron chi connectivity index (χ1n) is 6.32. The summed E-state index contributed by atoms with van der Waals surface area (Å²) in [4.78, 5) is 27.2. The molecule has 0 spiro atoms. The second kappa shape index (κ2) is 5.64. The van der Waals surface area contributed by atoms with Crippen molar-refractivity contribution in [2.75, 3.05) is 5.32 Å². The molecule has 1 aromatic carbocycles. The van der Waals surface area contributed by atoms with Gasteiger partial charge in [-0.25, -0.2) is 4.98 Å². The summed E-state index contributed by atoms with van der Waals surface area (Å²) in [7, 11) is 0. The number of hydrogen-bond donors (Lipinski definition) is 2. The van der Waals surface area contributed by atoms with Gasteiger partial charge < -0.3 is 5.32 Å². The molecule has 0 atom stereocenters. The Morgan fingerprint density at radius 2 is 1.85 bits per heavy atom. The molecule has 6 heteroatoms. The van der Waals surface area contributed by atoms with Crippen LogP contribution in [0, 0.1) is 0 Å². The molecule has 20 heavy (non-hydrogen) atoms. The van der Waals surface area contributed by atoms with Crippen LogP contribution in [0.5, 0.6) is 0 Å². The summed E-state index contributed by atoms with van der Waals surface area (Å²) in [6, 6.07) is 6.67. The van der Waals surface area contributed by atoms with Crippen molar-refractivity contribution in [3.05, 3.63) is 41.5 Å². The fourth-order valence-electron chi connectivity index (χ4n) is 1.61. The minimum absolute atomic E-state index is 0.0154. The molecule has 104 valence electrons. The highest BCUT2D eigenvalue weighted by Crippen LogP contribution is 2.12. The van der Waals surface area contributed by atoms with E-state index in [1.165, 1.54) is 6.92 Å². The van der Waals surface area contributed by atoms with Crippen LogP contribution >= 0.6 is 0 Å². The van der Waals surface area contributed by atoms with E-state index in [1.54, 1.807) is 24.3 Å². The van der Waals surface area contributed by atoms with Crippen molar-refractivity contribution < 1.29 is 9.59 Å². The Morgan fingerprint density at radius 3 is 2.35 bits per heavy atom.